The van der Waals surface area contributed by atoms with Crippen LogP contribution in [0.15, 0.2) is 131 Å². The van der Waals surface area contributed by atoms with Crippen molar-refractivity contribution in [2.45, 2.75) is 195 Å². The molecule has 5 aromatic carbocycles. The van der Waals surface area contributed by atoms with Crippen LogP contribution < -0.4 is 37.8 Å². The van der Waals surface area contributed by atoms with Crippen molar-refractivity contribution < 1.29 is 72.0 Å². The van der Waals surface area contributed by atoms with Gasteiger partial charge in [0.05, 0.1) is 19.3 Å². The average Bonchev–Trinajstić information content (AvgIpc) is 1.65. The summed E-state index contributed by atoms with van der Waals surface area (Å²) in [5, 5.41) is 50.1. The number of aromatic amines is 3. The minimum atomic E-state index is -1.51. The summed E-state index contributed by atoms with van der Waals surface area (Å²) in [5.41, 5.74) is 11.7. The maximum absolute atomic E-state index is 13.3. The van der Waals surface area contributed by atoms with Crippen LogP contribution in [0.4, 0.5) is 23.2 Å². The monoisotopic (exact) mass is 1600 g/mol. The standard InChI is InChI=1S/C27H34FN3O3.C21H30BrN3O3.C11H24N2O2.C10H8BrNO2.C6H6BFO2.CH4O.ClH/c1-5-6-7-22(31-26(33)34-27(2,3)4)17-30-25(32)15-20-16-29-24-13-10-19(14-23(20)24)18-8-11-21(28)12-9-18;1-5-6-7-16(25-20(27)28-21(2,3)4)13-24-19(26)10-14-12-23-18-9-8-15(22)11-17(14)18;1-5-6-7-9(8-12)13-10(14)15-11(2,3)4;11-7-1-2-9-8(4-7)6(5-12-9)3-10(13)14;8-6-3-1-5(2-4-6)7(9)10;1-2;/h8-14,16,22,29H,5-7,15,17H2,1-4H3,(H,30,32)(H,31,33);8-9,11-12,16,23H,5-7,10,13H2,1-4H3,(H,24,26)(H,25,27);9H,5-8,12H2,1-4H3,(H,13,14);1-2,4-5,12H,3H2,(H,13,14);1-4,9-10H;2H,1H3;1H/t22-;16-;9-;;;;/m000..../s1. The van der Waals surface area contributed by atoms with Gasteiger partial charge >= 0.3 is 31.4 Å². The number of aliphatic carboxylic acids is 1. The number of ether oxygens (including phenoxy) is 3. The number of rotatable bonds is 25. The molecule has 8 rings (SSSR count). The highest BCUT2D eigenvalue weighted by Crippen LogP contribution is 2.28. The number of aliphatic hydroxyl groups is 1. The van der Waals surface area contributed by atoms with E-state index < -0.39 is 42.1 Å². The van der Waals surface area contributed by atoms with Gasteiger partial charge < -0.3 is 81.7 Å². The lowest BCUT2D eigenvalue weighted by Crippen LogP contribution is -2.45. The number of H-pyrrole nitrogens is 3. The van der Waals surface area contributed by atoms with Crippen LogP contribution in [0.25, 0.3) is 43.8 Å². The summed E-state index contributed by atoms with van der Waals surface area (Å²) in [6, 6.07) is 28.7. The van der Waals surface area contributed by atoms with Gasteiger partial charge in [-0.15, -0.1) is 12.4 Å². The molecule has 0 radical (unpaired) electrons. The van der Waals surface area contributed by atoms with Crippen LogP contribution in [0.2, 0.25) is 0 Å². The van der Waals surface area contributed by atoms with Crippen LogP contribution in [-0.2, 0) is 47.9 Å². The van der Waals surface area contributed by atoms with Crippen molar-refractivity contribution in [2.24, 2.45) is 5.73 Å². The highest BCUT2D eigenvalue weighted by atomic mass is 79.9. The summed E-state index contributed by atoms with van der Waals surface area (Å²) in [6.45, 7) is 23.9. The lowest BCUT2D eigenvalue weighted by Gasteiger charge is -2.24. The van der Waals surface area contributed by atoms with Crippen LogP contribution in [0.3, 0.4) is 0 Å². The van der Waals surface area contributed by atoms with Crippen molar-refractivity contribution in [1.82, 2.24) is 41.5 Å². The summed E-state index contributed by atoms with van der Waals surface area (Å²) < 4.78 is 43.2. The molecule has 3 heterocycles. The predicted molar refractivity (Wildman–Crippen MR) is 419 cm³/mol. The largest absolute Gasteiger partial charge is 0.488 e. The number of carbonyl (C=O) groups excluding carboxylic acids is 5. The normalized spacial score (nSPS) is 11.8. The average molecular weight is 1600 g/mol. The molecule has 0 aliphatic rings. The third kappa shape index (κ3) is 36.6. The molecule has 3 atom stereocenters. The first-order chi connectivity index (χ1) is 48.6. The Balaban J connectivity index is 0.000000468. The highest BCUT2D eigenvalue weighted by Gasteiger charge is 2.24. The topological polar surface area (TPSA) is 345 Å². The number of amides is 5. The molecule has 22 nitrogen and oxygen atoms in total. The minimum absolute atomic E-state index is 0. The van der Waals surface area contributed by atoms with E-state index in [1.807, 2.05) is 129 Å². The summed E-state index contributed by atoms with van der Waals surface area (Å²) >= 11 is 6.82. The highest BCUT2D eigenvalue weighted by molar-refractivity contribution is 9.10. The maximum atomic E-state index is 13.3. The van der Waals surface area contributed by atoms with Crippen LogP contribution in [0, 0.1) is 11.6 Å². The van der Waals surface area contributed by atoms with Gasteiger partial charge in [0.2, 0.25) is 11.8 Å². The van der Waals surface area contributed by atoms with Crippen LogP contribution in [0.1, 0.15) is 158 Å². The first-order valence-electron chi connectivity index (χ1n) is 34.4. The predicted octanol–water partition coefficient (Wildman–Crippen LogP) is 14.5. The number of unbranched alkanes of at least 4 members (excludes halogenated alkanes) is 3. The first-order valence-corrected chi connectivity index (χ1v) is 36.0. The van der Waals surface area contributed by atoms with Crippen molar-refractivity contribution in [1.29, 1.82) is 0 Å². The second-order valence-corrected chi connectivity index (χ2v) is 29.1. The number of hydrogen-bond acceptors (Lipinski definition) is 13. The van der Waals surface area contributed by atoms with Gasteiger partial charge in [-0.3, -0.25) is 14.4 Å². The molecule has 14 N–H and O–H groups in total. The van der Waals surface area contributed by atoms with Gasteiger partial charge in [0.15, 0.2) is 0 Å². The summed E-state index contributed by atoms with van der Waals surface area (Å²) in [4.78, 5) is 80.8. The van der Waals surface area contributed by atoms with E-state index in [2.05, 4.69) is 94.2 Å². The minimum Gasteiger partial charge on any atom is -0.481 e. The summed E-state index contributed by atoms with van der Waals surface area (Å²) in [6.07, 6.45) is 13.2. The number of carbonyl (C=O) groups is 6. The zero-order valence-corrected chi connectivity index (χ0v) is 65.9. The van der Waals surface area contributed by atoms with E-state index in [4.69, 9.17) is 40.2 Å². The van der Waals surface area contributed by atoms with E-state index >= 15 is 0 Å². The number of halogens is 5. The lowest BCUT2D eigenvalue weighted by atomic mass is 9.80. The van der Waals surface area contributed by atoms with E-state index in [1.165, 1.54) is 36.4 Å². The second kappa shape index (κ2) is 46.7. The van der Waals surface area contributed by atoms with E-state index in [9.17, 15) is 37.5 Å². The lowest BCUT2D eigenvalue weighted by molar-refractivity contribution is -0.136. The van der Waals surface area contributed by atoms with Crippen molar-refractivity contribution in [3.63, 3.8) is 0 Å². The number of aliphatic hydroxyl groups excluding tert-OH is 1. The number of aromatic nitrogens is 3. The quantitative estimate of drug-likeness (QED) is 0.0187. The Morgan fingerprint density at radius 2 is 0.827 bits per heavy atom. The molecule has 104 heavy (non-hydrogen) atoms. The molecule has 0 bridgehead atoms. The van der Waals surface area contributed by atoms with E-state index in [0.29, 0.717) is 25.1 Å². The molecule has 28 heteroatoms. The van der Waals surface area contributed by atoms with Crippen molar-refractivity contribution in [3.05, 3.63) is 159 Å². The number of hydrogen-bond donors (Lipinski definition) is 13. The molecule has 572 valence electrons. The number of carboxylic acid groups (broad SMARTS) is 1. The van der Waals surface area contributed by atoms with Crippen LogP contribution >= 0.6 is 44.3 Å². The van der Waals surface area contributed by atoms with Crippen LogP contribution in [-0.4, -0.2) is 140 Å². The number of nitrogens with one attached hydrogen (secondary N) is 8. The van der Waals surface area contributed by atoms with E-state index in [-0.39, 0.29) is 79.3 Å². The Hall–Kier alpha value is -8.05. The van der Waals surface area contributed by atoms with Gasteiger partial charge in [0, 0.05) is 105 Å². The molecule has 0 aliphatic carbocycles. The third-order valence-electron chi connectivity index (χ3n) is 14.9. The Labute approximate surface area is 633 Å². The van der Waals surface area contributed by atoms with Crippen molar-refractivity contribution in [3.8, 4) is 11.1 Å². The van der Waals surface area contributed by atoms with Gasteiger partial charge in [-0.1, -0.05) is 121 Å². The molecule has 0 aliphatic heterocycles. The number of alkyl carbamates (subject to hydrolysis) is 3. The summed E-state index contributed by atoms with van der Waals surface area (Å²) in [5.74, 6) is -1.67. The Bertz CT molecular complexity index is 3900. The molecule has 0 saturated carbocycles. The number of carboxylic acids is 1. The maximum Gasteiger partial charge on any atom is 0.488 e. The summed E-state index contributed by atoms with van der Waals surface area (Å²) in [7, 11) is -0.513. The Kier molecular flexibility index (Phi) is 41.3. The van der Waals surface area contributed by atoms with Crippen molar-refractivity contribution >= 4 is 126 Å². The molecule has 8 aromatic rings. The zero-order chi connectivity index (χ0) is 77.0. The van der Waals surface area contributed by atoms with Gasteiger partial charge in [0.25, 0.3) is 0 Å². The van der Waals surface area contributed by atoms with E-state index in [1.54, 1.807) is 18.3 Å². The fraction of sp³-hybridized carbons (Fsp3) is 0.447. The van der Waals surface area contributed by atoms with Gasteiger partial charge in [0.1, 0.15) is 28.4 Å². The third-order valence-corrected chi connectivity index (χ3v) is 15.9. The SMILES string of the molecule is CCCC[C@@H](CN)NC(=O)OC(C)(C)C.CCCC[C@@H](CNC(=O)Cc1c[nH]c2ccc(-c3ccc(F)cc3)cc12)NC(=O)OC(C)(C)C.CCCC[C@@H](CNC(=O)Cc1c[nH]c2ccc(Br)cc12)NC(=O)OC(C)(C)C.CO.Cl.O=C(O)Cc1c[nH]c2ccc(Br)cc12.OB(O)c1ccc(F)cc1. The van der Waals surface area contributed by atoms with Crippen LogP contribution in [0.5, 0.6) is 0 Å². The molecule has 0 saturated heterocycles. The molecular weight excluding hydrogens is 1490 g/mol. The second-order valence-electron chi connectivity index (χ2n) is 27.2. The Morgan fingerprint density at radius 1 is 0.500 bits per heavy atom. The smallest absolute Gasteiger partial charge is 0.481 e. The zero-order valence-electron chi connectivity index (χ0n) is 61.9. The molecule has 0 fully saturated rings. The number of nitrogens with two attached hydrogens (primary N) is 1. The van der Waals surface area contributed by atoms with Crippen molar-refractivity contribution in [2.75, 3.05) is 26.7 Å². The molecule has 5 amide bonds. The fourth-order valence-electron chi connectivity index (χ4n) is 9.96. The molecule has 3 aromatic heterocycles. The molecular formula is C76H107BBr2ClF2N9O13. The van der Waals surface area contributed by atoms with Gasteiger partial charge in [-0.2, -0.15) is 0 Å². The Morgan fingerprint density at radius 3 is 1.17 bits per heavy atom. The molecule has 0 spiro atoms. The van der Waals surface area contributed by atoms with Gasteiger partial charge in [-0.25, -0.2) is 23.2 Å². The number of fused-ring (bicyclic) bond motifs is 3. The number of benzene rings is 5. The molecule has 0 unspecified atom stereocenters. The fourth-order valence-corrected chi connectivity index (χ4v) is 10.7. The first kappa shape index (κ1) is 92.0. The van der Waals surface area contributed by atoms with E-state index in [0.717, 1.165) is 134 Å². The van der Waals surface area contributed by atoms with Gasteiger partial charge in [-0.05, 0) is 188 Å².